The van der Waals surface area contributed by atoms with E-state index in [1.54, 1.807) is 43.5 Å². The molecule has 20 heavy (non-hydrogen) atoms. The molecule has 2 N–H and O–H groups in total. The number of aromatic hydroxyl groups is 2. The Morgan fingerprint density at radius 1 is 1.10 bits per heavy atom. The lowest BCUT2D eigenvalue weighted by Gasteiger charge is -2.02. The summed E-state index contributed by atoms with van der Waals surface area (Å²) in [6.45, 7) is 0. The Kier molecular flexibility index (Phi) is 4.05. The van der Waals surface area contributed by atoms with E-state index in [-0.39, 0.29) is 17.3 Å². The fourth-order valence-electron chi connectivity index (χ4n) is 1.70. The molecule has 0 aliphatic rings. The van der Waals surface area contributed by atoms with Crippen LogP contribution < -0.4 is 4.74 Å². The number of allylic oxidation sites excluding steroid dienone is 1. The Bertz CT molecular complexity index is 642. The van der Waals surface area contributed by atoms with Crippen molar-refractivity contribution in [2.75, 3.05) is 7.11 Å². The zero-order chi connectivity index (χ0) is 14.5. The van der Waals surface area contributed by atoms with Gasteiger partial charge in [0.05, 0.1) is 7.11 Å². The molecule has 0 radical (unpaired) electrons. The van der Waals surface area contributed by atoms with Crippen LogP contribution in [-0.4, -0.2) is 23.1 Å². The highest BCUT2D eigenvalue weighted by Gasteiger charge is 2.05. The second-order valence-corrected chi connectivity index (χ2v) is 4.14. The van der Waals surface area contributed by atoms with E-state index in [0.29, 0.717) is 16.9 Å². The minimum atomic E-state index is -0.244. The van der Waals surface area contributed by atoms with Crippen LogP contribution in [0.5, 0.6) is 17.2 Å². The first-order valence-electron chi connectivity index (χ1n) is 5.99. The first-order chi connectivity index (χ1) is 9.61. The molecule has 0 bridgehead atoms. The number of rotatable bonds is 4. The zero-order valence-corrected chi connectivity index (χ0v) is 10.9. The van der Waals surface area contributed by atoms with Gasteiger partial charge in [-0.3, -0.25) is 4.79 Å². The number of ether oxygens (including phenoxy) is 1. The van der Waals surface area contributed by atoms with E-state index >= 15 is 0 Å². The highest BCUT2D eigenvalue weighted by molar-refractivity contribution is 6.07. The van der Waals surface area contributed by atoms with Crippen LogP contribution in [0.2, 0.25) is 0 Å². The van der Waals surface area contributed by atoms with Crippen molar-refractivity contribution in [1.29, 1.82) is 0 Å². The van der Waals surface area contributed by atoms with E-state index in [1.807, 2.05) is 0 Å². The fraction of sp³-hybridized carbons (Fsp3) is 0.0625. The molecule has 4 nitrogen and oxygen atoms in total. The molecule has 0 saturated carbocycles. The summed E-state index contributed by atoms with van der Waals surface area (Å²) in [5.74, 6) is 0.0156. The van der Waals surface area contributed by atoms with Crippen LogP contribution in [0.1, 0.15) is 15.9 Å². The summed E-state index contributed by atoms with van der Waals surface area (Å²) in [6.07, 6.45) is 2.80. The lowest BCUT2D eigenvalue weighted by atomic mass is 10.1. The van der Waals surface area contributed by atoms with Gasteiger partial charge in [-0.1, -0.05) is 12.1 Å². The van der Waals surface area contributed by atoms with Gasteiger partial charge in [0.15, 0.2) is 17.3 Å². The monoisotopic (exact) mass is 270 g/mol. The highest BCUT2D eigenvalue weighted by atomic mass is 16.5. The molecule has 0 aromatic heterocycles. The number of methoxy groups -OCH3 is 1. The SMILES string of the molecule is COc1ccc(C(=O)C=Cc2cccc(O)c2O)cc1. The average molecular weight is 270 g/mol. The second kappa shape index (κ2) is 5.93. The minimum Gasteiger partial charge on any atom is -0.504 e. The normalized spacial score (nSPS) is 10.7. The van der Waals surface area contributed by atoms with E-state index in [1.165, 1.54) is 18.2 Å². The molecule has 0 aliphatic carbocycles. The largest absolute Gasteiger partial charge is 0.504 e. The van der Waals surface area contributed by atoms with Gasteiger partial charge in [-0.25, -0.2) is 0 Å². The highest BCUT2D eigenvalue weighted by Crippen LogP contribution is 2.29. The van der Waals surface area contributed by atoms with Crippen molar-refractivity contribution in [1.82, 2.24) is 0 Å². The molecular formula is C16H14O4. The van der Waals surface area contributed by atoms with E-state index in [2.05, 4.69) is 0 Å². The predicted octanol–water partition coefficient (Wildman–Crippen LogP) is 3.00. The van der Waals surface area contributed by atoms with Gasteiger partial charge in [-0.2, -0.15) is 0 Å². The van der Waals surface area contributed by atoms with Crippen LogP contribution in [0.4, 0.5) is 0 Å². The summed E-state index contributed by atoms with van der Waals surface area (Å²) in [5, 5.41) is 19.0. The summed E-state index contributed by atoms with van der Waals surface area (Å²) < 4.78 is 5.02. The molecular weight excluding hydrogens is 256 g/mol. The number of phenols is 2. The van der Waals surface area contributed by atoms with Crippen molar-refractivity contribution in [3.05, 3.63) is 59.7 Å². The third kappa shape index (κ3) is 2.98. The topological polar surface area (TPSA) is 66.8 Å². The van der Waals surface area contributed by atoms with Crippen LogP contribution >= 0.6 is 0 Å². The molecule has 0 heterocycles. The van der Waals surface area contributed by atoms with Crippen LogP contribution in [0.3, 0.4) is 0 Å². The summed E-state index contributed by atoms with van der Waals surface area (Å²) in [4.78, 5) is 11.9. The van der Waals surface area contributed by atoms with Crippen molar-refractivity contribution >= 4 is 11.9 Å². The fourth-order valence-corrected chi connectivity index (χ4v) is 1.70. The zero-order valence-electron chi connectivity index (χ0n) is 10.9. The standard InChI is InChI=1S/C16H14O4/c1-20-13-8-5-11(6-9-13)14(17)10-7-12-3-2-4-15(18)16(12)19/h2-10,18-19H,1H3. The lowest BCUT2D eigenvalue weighted by molar-refractivity contribution is 0.104. The van der Waals surface area contributed by atoms with Gasteiger partial charge >= 0.3 is 0 Å². The van der Waals surface area contributed by atoms with Gasteiger partial charge < -0.3 is 14.9 Å². The average Bonchev–Trinajstić information content (AvgIpc) is 2.48. The number of hydrogen-bond donors (Lipinski definition) is 2. The molecule has 102 valence electrons. The Morgan fingerprint density at radius 3 is 2.45 bits per heavy atom. The van der Waals surface area contributed by atoms with E-state index < -0.39 is 0 Å². The van der Waals surface area contributed by atoms with Crippen LogP contribution in [0.25, 0.3) is 6.08 Å². The van der Waals surface area contributed by atoms with Gasteiger partial charge in [-0.05, 0) is 42.5 Å². The smallest absolute Gasteiger partial charge is 0.185 e. The molecule has 0 aliphatic heterocycles. The predicted molar refractivity (Wildman–Crippen MR) is 76.1 cm³/mol. The number of ketones is 1. The maximum atomic E-state index is 11.9. The molecule has 2 aromatic rings. The van der Waals surface area contributed by atoms with E-state index in [9.17, 15) is 15.0 Å². The van der Waals surface area contributed by atoms with Crippen molar-refractivity contribution in [2.45, 2.75) is 0 Å². The van der Waals surface area contributed by atoms with Crippen molar-refractivity contribution in [2.24, 2.45) is 0 Å². The van der Waals surface area contributed by atoms with Crippen molar-refractivity contribution < 1.29 is 19.7 Å². The number of para-hydroxylation sites is 1. The molecule has 0 atom stereocenters. The molecule has 2 aromatic carbocycles. The Labute approximate surface area is 116 Å². The van der Waals surface area contributed by atoms with Crippen molar-refractivity contribution in [3.8, 4) is 17.2 Å². The van der Waals surface area contributed by atoms with E-state index in [4.69, 9.17) is 4.74 Å². The molecule has 2 rings (SSSR count). The van der Waals surface area contributed by atoms with Gasteiger partial charge in [0.1, 0.15) is 5.75 Å². The number of hydrogen-bond acceptors (Lipinski definition) is 4. The molecule has 4 heteroatoms. The summed E-state index contributed by atoms with van der Waals surface area (Å²) in [7, 11) is 1.56. The van der Waals surface area contributed by atoms with E-state index in [0.717, 1.165) is 0 Å². The number of benzene rings is 2. The first-order valence-corrected chi connectivity index (χ1v) is 5.99. The van der Waals surface area contributed by atoms with Crippen molar-refractivity contribution in [3.63, 3.8) is 0 Å². The molecule has 0 spiro atoms. The second-order valence-electron chi connectivity index (χ2n) is 4.14. The molecule has 0 unspecified atom stereocenters. The summed E-state index contributed by atoms with van der Waals surface area (Å²) in [6, 6.07) is 11.3. The first kappa shape index (κ1) is 13.7. The maximum absolute atomic E-state index is 11.9. The minimum absolute atomic E-state index is 0.199. The Hall–Kier alpha value is -2.75. The quantitative estimate of drug-likeness (QED) is 0.509. The number of carbonyl (C=O) groups is 1. The summed E-state index contributed by atoms with van der Waals surface area (Å²) >= 11 is 0. The van der Waals surface area contributed by atoms with Crippen LogP contribution in [0.15, 0.2) is 48.5 Å². The van der Waals surface area contributed by atoms with Crippen LogP contribution in [-0.2, 0) is 0 Å². The Balaban J connectivity index is 2.18. The van der Waals surface area contributed by atoms with Gasteiger partial charge in [0.25, 0.3) is 0 Å². The number of carbonyl (C=O) groups excluding carboxylic acids is 1. The third-order valence-electron chi connectivity index (χ3n) is 2.83. The third-order valence-corrected chi connectivity index (χ3v) is 2.83. The van der Waals surface area contributed by atoms with Gasteiger partial charge in [0, 0.05) is 11.1 Å². The van der Waals surface area contributed by atoms with Gasteiger partial charge in [-0.15, -0.1) is 0 Å². The molecule has 0 saturated heterocycles. The molecule has 0 amide bonds. The number of phenolic OH excluding ortho intramolecular Hbond substituents is 2. The van der Waals surface area contributed by atoms with Crippen LogP contribution in [0, 0.1) is 0 Å². The Morgan fingerprint density at radius 2 is 1.80 bits per heavy atom. The summed E-state index contributed by atoms with van der Waals surface area (Å²) in [5.41, 5.74) is 0.897. The lowest BCUT2D eigenvalue weighted by Crippen LogP contribution is -1.94. The molecule has 0 fully saturated rings. The van der Waals surface area contributed by atoms with Gasteiger partial charge in [0.2, 0.25) is 0 Å². The maximum Gasteiger partial charge on any atom is 0.185 e.